The lowest BCUT2D eigenvalue weighted by molar-refractivity contribution is -0.130. The van der Waals surface area contributed by atoms with Gasteiger partial charge >= 0.3 is 0 Å². The smallest absolute Gasteiger partial charge is 0.243 e. The molecule has 2 amide bonds. The summed E-state index contributed by atoms with van der Waals surface area (Å²) in [5.41, 5.74) is 0.112. The Morgan fingerprint density at radius 1 is 0.966 bits per heavy atom. The van der Waals surface area contributed by atoms with Gasteiger partial charge in [0.1, 0.15) is 6.04 Å². The number of benzene rings is 1. The van der Waals surface area contributed by atoms with Crippen molar-refractivity contribution in [2.45, 2.75) is 40.7 Å². The number of amides is 2. The molecule has 0 fully saturated rings. The lowest BCUT2D eigenvalue weighted by atomic mass is 10.00. The topological polar surface area (TPSA) is 92.3 Å². The molecule has 8 heteroatoms. The van der Waals surface area contributed by atoms with Crippen LogP contribution in [0.1, 0.15) is 45.0 Å². The van der Waals surface area contributed by atoms with Crippen molar-refractivity contribution in [3.63, 3.8) is 0 Å². The van der Waals surface area contributed by atoms with E-state index < -0.39 is 11.5 Å². The van der Waals surface area contributed by atoms with Crippen LogP contribution in [0.25, 0.3) is 0 Å². The van der Waals surface area contributed by atoms with Gasteiger partial charge in [-0.15, -0.1) is 0 Å². The fraction of sp³-hybridized carbons (Fsp3) is 0.524. The first-order chi connectivity index (χ1) is 13.5. The van der Waals surface area contributed by atoms with Gasteiger partial charge in [0.25, 0.3) is 0 Å². The molecule has 0 aliphatic rings. The van der Waals surface area contributed by atoms with E-state index in [2.05, 4.69) is 10.6 Å². The van der Waals surface area contributed by atoms with Gasteiger partial charge in [-0.05, 0) is 0 Å². The van der Waals surface area contributed by atoms with E-state index in [0.29, 0.717) is 17.9 Å². The highest BCUT2D eigenvalue weighted by molar-refractivity contribution is 8.14. The molecule has 6 nitrogen and oxygen atoms in total. The number of hydrogen-bond acceptors (Lipinski definition) is 6. The highest BCUT2D eigenvalue weighted by atomic mass is 32.2. The van der Waals surface area contributed by atoms with Gasteiger partial charge in [0.05, 0.1) is 0 Å². The van der Waals surface area contributed by atoms with E-state index in [1.807, 2.05) is 26.8 Å². The minimum atomic E-state index is -0.828. The van der Waals surface area contributed by atoms with Crippen LogP contribution in [-0.2, 0) is 14.4 Å². The van der Waals surface area contributed by atoms with Crippen molar-refractivity contribution in [3.05, 3.63) is 35.9 Å². The summed E-state index contributed by atoms with van der Waals surface area (Å²) in [6.45, 7) is 9.32. The molecular weight excluding hydrogens is 408 g/mol. The van der Waals surface area contributed by atoms with Crippen LogP contribution in [0.4, 0.5) is 0 Å². The summed E-state index contributed by atoms with van der Waals surface area (Å²) in [5.74, 6) is -0.319. The van der Waals surface area contributed by atoms with Gasteiger partial charge in [-0.25, -0.2) is 0 Å². The highest BCUT2D eigenvalue weighted by Crippen LogP contribution is 2.22. The second kappa shape index (κ2) is 12.0. The zero-order valence-corrected chi connectivity index (χ0v) is 19.2. The van der Waals surface area contributed by atoms with Crippen LogP contribution < -0.4 is 10.6 Å². The molecule has 0 saturated heterocycles. The van der Waals surface area contributed by atoms with Crippen LogP contribution in [0, 0.1) is 11.3 Å². The van der Waals surface area contributed by atoms with E-state index in [-0.39, 0.29) is 33.7 Å². The summed E-state index contributed by atoms with van der Waals surface area (Å²) < 4.78 is 0. The molecule has 0 aromatic heterocycles. The number of carbonyl (C=O) groups excluding carboxylic acids is 4. The molecule has 0 radical (unpaired) electrons. The average Bonchev–Trinajstić information content (AvgIpc) is 2.67. The Bertz CT molecular complexity index is 715. The fourth-order valence-electron chi connectivity index (χ4n) is 2.00. The Labute approximate surface area is 181 Å². The molecule has 0 aliphatic heterocycles. The zero-order valence-electron chi connectivity index (χ0n) is 17.6. The summed E-state index contributed by atoms with van der Waals surface area (Å²) in [4.78, 5) is 48.8. The van der Waals surface area contributed by atoms with E-state index in [1.165, 1.54) is 11.8 Å². The first-order valence-corrected chi connectivity index (χ1v) is 11.5. The van der Waals surface area contributed by atoms with Gasteiger partial charge < -0.3 is 10.6 Å². The predicted octanol–water partition coefficient (Wildman–Crippen LogP) is 3.12. The largest absolute Gasteiger partial charge is 0.353 e. The minimum absolute atomic E-state index is 0.0559. The minimum Gasteiger partial charge on any atom is -0.353 e. The lowest BCUT2D eigenvalue weighted by Crippen LogP contribution is -2.50. The molecule has 1 atom stereocenters. The molecule has 1 aromatic carbocycles. The Balaban J connectivity index is 2.61. The van der Waals surface area contributed by atoms with E-state index in [1.54, 1.807) is 38.1 Å². The molecule has 2 N–H and O–H groups in total. The SMILES string of the molecule is CC(C)C(=O)N[C@@H](CSC(=O)c1ccccc1)C(=O)NCCSC(=O)C(C)(C)C. The van der Waals surface area contributed by atoms with Crippen LogP contribution in [0.2, 0.25) is 0 Å². The molecule has 0 aliphatic carbocycles. The highest BCUT2D eigenvalue weighted by Gasteiger charge is 2.24. The van der Waals surface area contributed by atoms with Crippen LogP contribution in [-0.4, -0.2) is 46.1 Å². The number of carbonyl (C=O) groups is 4. The maximum atomic E-state index is 12.5. The number of thioether (sulfide) groups is 2. The molecule has 29 heavy (non-hydrogen) atoms. The summed E-state index contributed by atoms with van der Waals surface area (Å²) in [5, 5.41) is 5.34. The summed E-state index contributed by atoms with van der Waals surface area (Å²) in [6.07, 6.45) is 0. The van der Waals surface area contributed by atoms with Crippen molar-refractivity contribution in [1.29, 1.82) is 0 Å². The van der Waals surface area contributed by atoms with Crippen LogP contribution >= 0.6 is 23.5 Å². The Morgan fingerprint density at radius 2 is 1.59 bits per heavy atom. The molecule has 0 heterocycles. The number of nitrogens with one attached hydrogen (secondary N) is 2. The maximum Gasteiger partial charge on any atom is 0.243 e. The van der Waals surface area contributed by atoms with E-state index in [4.69, 9.17) is 0 Å². The molecular formula is C21H30N2O4S2. The molecule has 0 spiro atoms. The Kier molecular flexibility index (Phi) is 10.5. The van der Waals surface area contributed by atoms with Crippen molar-refractivity contribution in [2.75, 3.05) is 18.1 Å². The first kappa shape index (κ1) is 25.2. The molecule has 0 bridgehead atoms. The van der Waals surface area contributed by atoms with Crippen molar-refractivity contribution < 1.29 is 19.2 Å². The zero-order chi connectivity index (χ0) is 22.0. The second-order valence-electron chi connectivity index (χ2n) is 7.86. The molecule has 160 valence electrons. The van der Waals surface area contributed by atoms with Crippen molar-refractivity contribution in [1.82, 2.24) is 10.6 Å². The summed E-state index contributed by atoms with van der Waals surface area (Å²) >= 11 is 2.16. The molecule has 0 saturated carbocycles. The van der Waals surface area contributed by atoms with Gasteiger partial charge in [-0.1, -0.05) is 88.5 Å². The fourth-order valence-corrected chi connectivity index (χ4v) is 3.67. The third-order valence-corrected chi connectivity index (χ3v) is 6.08. The van der Waals surface area contributed by atoms with Crippen LogP contribution in [0.15, 0.2) is 30.3 Å². The lowest BCUT2D eigenvalue weighted by Gasteiger charge is -2.19. The third kappa shape index (κ3) is 9.49. The predicted molar refractivity (Wildman–Crippen MR) is 120 cm³/mol. The average molecular weight is 439 g/mol. The van der Waals surface area contributed by atoms with Crippen molar-refractivity contribution >= 4 is 45.6 Å². The standard InChI is InChI=1S/C21H30N2O4S2/c1-14(2)17(24)23-16(13-29-19(26)15-9-7-6-8-10-15)18(25)22-11-12-28-20(27)21(3,4)5/h6-10,14,16H,11-13H2,1-5H3,(H,22,25)(H,23,24)/t16-/m0/s1. The second-order valence-corrected chi connectivity index (χ2v) is 9.92. The van der Waals surface area contributed by atoms with Gasteiger partial charge in [0, 0.05) is 34.9 Å². The van der Waals surface area contributed by atoms with Gasteiger partial charge in [-0.2, -0.15) is 0 Å². The van der Waals surface area contributed by atoms with E-state index >= 15 is 0 Å². The molecule has 0 unspecified atom stereocenters. The van der Waals surface area contributed by atoms with E-state index in [9.17, 15) is 19.2 Å². The van der Waals surface area contributed by atoms with Crippen molar-refractivity contribution in [2.24, 2.45) is 11.3 Å². The Morgan fingerprint density at radius 3 is 2.14 bits per heavy atom. The normalized spacial score (nSPS) is 12.3. The van der Waals surface area contributed by atoms with Crippen molar-refractivity contribution in [3.8, 4) is 0 Å². The monoisotopic (exact) mass is 438 g/mol. The number of hydrogen-bond donors (Lipinski definition) is 2. The quantitative estimate of drug-likeness (QED) is 0.576. The van der Waals surface area contributed by atoms with Gasteiger partial charge in [-0.3, -0.25) is 19.2 Å². The molecule has 1 rings (SSSR count). The first-order valence-electron chi connectivity index (χ1n) is 9.50. The van der Waals surface area contributed by atoms with Crippen LogP contribution in [0.3, 0.4) is 0 Å². The van der Waals surface area contributed by atoms with Gasteiger partial charge in [0.15, 0.2) is 5.12 Å². The third-order valence-electron chi connectivity index (χ3n) is 3.79. The maximum absolute atomic E-state index is 12.5. The van der Waals surface area contributed by atoms with Gasteiger partial charge in [0.2, 0.25) is 16.9 Å². The van der Waals surface area contributed by atoms with Crippen LogP contribution in [0.5, 0.6) is 0 Å². The number of rotatable bonds is 9. The van der Waals surface area contributed by atoms with E-state index in [0.717, 1.165) is 11.8 Å². The summed E-state index contributed by atoms with van der Waals surface area (Å²) in [6, 6.07) is 7.96. The molecule has 1 aromatic rings. The summed E-state index contributed by atoms with van der Waals surface area (Å²) in [7, 11) is 0. The Hall–Kier alpha value is -1.80.